The minimum atomic E-state index is -6.10. The molecule has 0 aromatic rings. The predicted octanol–water partition coefficient (Wildman–Crippen LogP) is 1.39. The van der Waals surface area contributed by atoms with Crippen LogP contribution in [0.25, 0.3) is 0 Å². The molecule has 0 aliphatic heterocycles. The summed E-state index contributed by atoms with van der Waals surface area (Å²) >= 11 is 0. The highest BCUT2D eigenvalue weighted by Crippen LogP contribution is 2.36. The molecule has 0 radical (unpaired) electrons. The average Bonchev–Trinajstić information content (AvgIpc) is 2.12. The molecule has 0 aliphatic carbocycles. The Hall–Kier alpha value is -1.61. The van der Waals surface area contributed by atoms with Crippen LogP contribution in [0.3, 0.4) is 0 Å². The number of hydrogen-bond acceptors (Lipinski definition) is 4. The lowest BCUT2D eigenvalue weighted by Gasteiger charge is -2.17. The summed E-state index contributed by atoms with van der Waals surface area (Å²) in [6.07, 6.45) is -7.56. The van der Waals surface area contributed by atoms with Crippen molar-refractivity contribution in [2.75, 3.05) is 6.61 Å². The molecule has 0 aromatic heterocycles. The molecule has 0 unspecified atom stereocenters. The highest BCUT2D eigenvalue weighted by atomic mass is 19.4. The Balaban J connectivity index is 4.32. The summed E-state index contributed by atoms with van der Waals surface area (Å²) in [7, 11) is 0. The van der Waals surface area contributed by atoms with E-state index in [1.807, 2.05) is 0 Å². The van der Waals surface area contributed by atoms with E-state index in [4.69, 9.17) is 0 Å². The van der Waals surface area contributed by atoms with Gasteiger partial charge in [0.1, 0.15) is 0 Å². The minimum absolute atomic E-state index is 0.182. The lowest BCUT2D eigenvalue weighted by Crippen LogP contribution is -2.47. The van der Waals surface area contributed by atoms with Gasteiger partial charge in [0.15, 0.2) is 0 Å². The van der Waals surface area contributed by atoms with Crippen molar-refractivity contribution in [3.63, 3.8) is 0 Å². The van der Waals surface area contributed by atoms with Gasteiger partial charge in [-0.25, -0.2) is 9.59 Å². The zero-order valence-electron chi connectivity index (χ0n) is 7.73. The van der Waals surface area contributed by atoms with Crippen LogP contribution < -0.4 is 5.48 Å². The highest BCUT2D eigenvalue weighted by Gasteiger charge is 2.65. The second kappa shape index (κ2) is 4.94. The molecule has 0 rings (SSSR count). The van der Waals surface area contributed by atoms with Gasteiger partial charge in [0.2, 0.25) is 0 Å². The number of alkyl halides is 5. The van der Waals surface area contributed by atoms with Crippen molar-refractivity contribution in [1.29, 1.82) is 0 Å². The van der Waals surface area contributed by atoms with Crippen LogP contribution in [0.15, 0.2) is 0 Å². The smallest absolute Gasteiger partial charge is 0.448 e. The SMILES string of the molecule is CCOC(=O)NOC(=O)C(F)(F)C(F)(F)F. The molecule has 94 valence electrons. The third kappa shape index (κ3) is 3.51. The Morgan fingerprint density at radius 1 is 1.19 bits per heavy atom. The van der Waals surface area contributed by atoms with Crippen LogP contribution in [0.5, 0.6) is 0 Å². The van der Waals surface area contributed by atoms with E-state index in [-0.39, 0.29) is 6.61 Å². The number of carbonyl (C=O) groups is 2. The number of carbonyl (C=O) groups excluding carboxylic acids is 2. The standard InChI is InChI=1S/C6H6F5NO4/c1-2-15-4(14)12-16-3(13)5(7,8)6(9,10)11/h2H2,1H3,(H,12,14). The van der Waals surface area contributed by atoms with Gasteiger partial charge in [-0.05, 0) is 6.92 Å². The maximum absolute atomic E-state index is 12.2. The van der Waals surface area contributed by atoms with Crippen LogP contribution in [0.1, 0.15) is 6.92 Å². The van der Waals surface area contributed by atoms with Crippen molar-refractivity contribution in [1.82, 2.24) is 5.48 Å². The van der Waals surface area contributed by atoms with Gasteiger partial charge in [-0.1, -0.05) is 0 Å². The minimum Gasteiger partial charge on any atom is -0.448 e. The van der Waals surface area contributed by atoms with E-state index in [0.29, 0.717) is 0 Å². The first-order chi connectivity index (χ1) is 7.13. The Bertz CT molecular complexity index is 277. The van der Waals surface area contributed by atoms with E-state index in [0.717, 1.165) is 5.48 Å². The molecular weight excluding hydrogens is 245 g/mol. The summed E-state index contributed by atoms with van der Waals surface area (Å²) in [6.45, 7) is 1.16. The maximum Gasteiger partial charge on any atom is 0.465 e. The van der Waals surface area contributed by atoms with E-state index < -0.39 is 24.2 Å². The third-order valence-electron chi connectivity index (χ3n) is 1.11. The molecule has 1 N–H and O–H groups in total. The van der Waals surface area contributed by atoms with Crippen LogP contribution in [0, 0.1) is 0 Å². The van der Waals surface area contributed by atoms with Gasteiger partial charge < -0.3 is 9.57 Å². The van der Waals surface area contributed by atoms with Crippen LogP contribution in [-0.2, 0) is 14.4 Å². The Labute approximate surface area is 85.4 Å². The van der Waals surface area contributed by atoms with Crippen LogP contribution in [-0.4, -0.2) is 30.8 Å². The normalized spacial score (nSPS) is 11.9. The third-order valence-corrected chi connectivity index (χ3v) is 1.11. The fraction of sp³-hybridized carbons (Fsp3) is 0.667. The molecule has 0 spiro atoms. The number of rotatable bonds is 2. The molecule has 0 atom stereocenters. The molecule has 0 aliphatic rings. The van der Waals surface area contributed by atoms with E-state index in [1.54, 1.807) is 0 Å². The first-order valence-corrected chi connectivity index (χ1v) is 3.71. The van der Waals surface area contributed by atoms with Crippen LogP contribution >= 0.6 is 0 Å². The van der Waals surface area contributed by atoms with Crippen molar-refractivity contribution in [3.05, 3.63) is 0 Å². The lowest BCUT2D eigenvalue weighted by atomic mass is 10.3. The van der Waals surface area contributed by atoms with Gasteiger partial charge in [-0.15, -0.1) is 5.48 Å². The number of halogens is 5. The molecule has 0 saturated carbocycles. The zero-order valence-corrected chi connectivity index (χ0v) is 7.73. The highest BCUT2D eigenvalue weighted by molar-refractivity contribution is 5.80. The Morgan fingerprint density at radius 3 is 2.06 bits per heavy atom. The monoisotopic (exact) mass is 251 g/mol. The van der Waals surface area contributed by atoms with Gasteiger partial charge >= 0.3 is 24.2 Å². The fourth-order valence-corrected chi connectivity index (χ4v) is 0.428. The van der Waals surface area contributed by atoms with Gasteiger partial charge in [-0.2, -0.15) is 22.0 Å². The second-order valence-electron chi connectivity index (χ2n) is 2.28. The fourth-order valence-electron chi connectivity index (χ4n) is 0.428. The van der Waals surface area contributed by atoms with Gasteiger partial charge in [-0.3, -0.25) is 0 Å². The van der Waals surface area contributed by atoms with Crippen LogP contribution in [0.4, 0.5) is 26.7 Å². The van der Waals surface area contributed by atoms with Crippen LogP contribution in [0.2, 0.25) is 0 Å². The van der Waals surface area contributed by atoms with Gasteiger partial charge in [0.25, 0.3) is 0 Å². The second-order valence-corrected chi connectivity index (χ2v) is 2.28. The van der Waals surface area contributed by atoms with Crippen molar-refractivity contribution in [3.8, 4) is 0 Å². The topological polar surface area (TPSA) is 64.6 Å². The molecule has 0 heterocycles. The largest absolute Gasteiger partial charge is 0.465 e. The van der Waals surface area contributed by atoms with E-state index in [2.05, 4.69) is 9.57 Å². The summed E-state index contributed by atoms with van der Waals surface area (Å²) in [6, 6.07) is 0. The first kappa shape index (κ1) is 14.4. The van der Waals surface area contributed by atoms with Gasteiger partial charge in [0.05, 0.1) is 6.61 Å². The number of hydroxylamine groups is 1. The molecule has 5 nitrogen and oxygen atoms in total. The number of hydrogen-bond donors (Lipinski definition) is 1. The summed E-state index contributed by atoms with van der Waals surface area (Å²) < 4.78 is 63.1. The predicted molar refractivity (Wildman–Crippen MR) is 37.3 cm³/mol. The van der Waals surface area contributed by atoms with Gasteiger partial charge in [0, 0.05) is 0 Å². The molecule has 16 heavy (non-hydrogen) atoms. The Morgan fingerprint density at radius 2 is 1.69 bits per heavy atom. The van der Waals surface area contributed by atoms with Crippen molar-refractivity contribution < 1.29 is 41.1 Å². The van der Waals surface area contributed by atoms with E-state index in [9.17, 15) is 31.5 Å². The van der Waals surface area contributed by atoms with E-state index in [1.165, 1.54) is 6.92 Å². The average molecular weight is 251 g/mol. The summed E-state index contributed by atoms with van der Waals surface area (Å²) in [4.78, 5) is 23.9. The quantitative estimate of drug-likeness (QED) is 0.595. The zero-order chi connectivity index (χ0) is 13.0. The molecule has 0 fully saturated rings. The first-order valence-electron chi connectivity index (χ1n) is 3.71. The summed E-state index contributed by atoms with van der Waals surface area (Å²) in [5, 5.41) is 0. The Kier molecular flexibility index (Phi) is 4.45. The molecule has 0 aromatic carbocycles. The molecule has 10 heteroatoms. The maximum atomic E-state index is 12.2. The molecular formula is C6H6F5NO4. The number of amides is 1. The van der Waals surface area contributed by atoms with Crippen molar-refractivity contribution in [2.45, 2.75) is 19.0 Å². The van der Waals surface area contributed by atoms with Crippen molar-refractivity contribution >= 4 is 12.1 Å². The molecule has 1 amide bonds. The number of ether oxygens (including phenoxy) is 1. The lowest BCUT2D eigenvalue weighted by molar-refractivity contribution is -0.282. The molecule has 0 bridgehead atoms. The molecule has 0 saturated heterocycles. The van der Waals surface area contributed by atoms with E-state index >= 15 is 0 Å². The summed E-state index contributed by atoms with van der Waals surface area (Å²) in [5.41, 5.74) is 0.971. The summed E-state index contributed by atoms with van der Waals surface area (Å²) in [5.74, 6) is -8.65. The number of nitrogens with one attached hydrogen (secondary N) is 1. The van der Waals surface area contributed by atoms with Crippen molar-refractivity contribution in [2.24, 2.45) is 0 Å².